The Hall–Kier alpha value is -1.58. The van der Waals surface area contributed by atoms with Crippen molar-refractivity contribution in [2.75, 3.05) is 6.61 Å². The summed E-state index contributed by atoms with van der Waals surface area (Å²) in [6.07, 6.45) is 4.96. The van der Waals surface area contributed by atoms with Crippen LogP contribution in [-0.2, 0) is 0 Å². The summed E-state index contributed by atoms with van der Waals surface area (Å²) in [4.78, 5) is 14.5. The van der Waals surface area contributed by atoms with Crippen LogP contribution in [0.3, 0.4) is 0 Å². The Morgan fingerprint density at radius 2 is 2.12 bits per heavy atom. The van der Waals surface area contributed by atoms with E-state index in [1.807, 2.05) is 0 Å². The monoisotopic (exact) mass is 223 g/mol. The average Bonchev–Trinajstić information content (AvgIpc) is 2.31. The predicted octanol–water partition coefficient (Wildman–Crippen LogP) is 2.59. The Balaban J connectivity index is 2.60. The molecule has 0 aliphatic carbocycles. The third-order valence-electron chi connectivity index (χ3n) is 2.60. The standard InChI is InChI=1S/C12H17NO3/c1-3-9(4-2)8-16-11-5-10(12(14)15)6-13-7-11/h5-7,9H,3-4,8H2,1-2H3,(H,14,15). The summed E-state index contributed by atoms with van der Waals surface area (Å²) in [6.45, 7) is 4.84. The van der Waals surface area contributed by atoms with E-state index in [1.54, 1.807) is 0 Å². The first-order chi connectivity index (χ1) is 7.67. The molecule has 0 atom stereocenters. The molecule has 1 aromatic heterocycles. The summed E-state index contributed by atoms with van der Waals surface area (Å²) in [5, 5.41) is 8.78. The van der Waals surface area contributed by atoms with Crippen LogP contribution in [0.15, 0.2) is 18.5 Å². The van der Waals surface area contributed by atoms with Gasteiger partial charge in [-0.15, -0.1) is 0 Å². The number of aromatic nitrogens is 1. The number of carboxylic acid groups (broad SMARTS) is 1. The molecule has 88 valence electrons. The van der Waals surface area contributed by atoms with Gasteiger partial charge in [0, 0.05) is 6.20 Å². The van der Waals surface area contributed by atoms with E-state index in [4.69, 9.17) is 9.84 Å². The number of nitrogens with zero attached hydrogens (tertiary/aromatic N) is 1. The van der Waals surface area contributed by atoms with E-state index in [1.165, 1.54) is 18.5 Å². The van der Waals surface area contributed by atoms with Gasteiger partial charge >= 0.3 is 5.97 Å². The van der Waals surface area contributed by atoms with Gasteiger partial charge in [-0.1, -0.05) is 26.7 Å². The Kier molecular flexibility index (Phi) is 4.76. The van der Waals surface area contributed by atoms with Gasteiger partial charge in [0.05, 0.1) is 18.4 Å². The molecule has 0 spiro atoms. The van der Waals surface area contributed by atoms with E-state index < -0.39 is 5.97 Å². The SMILES string of the molecule is CCC(CC)COc1cncc(C(=O)O)c1. The normalized spacial score (nSPS) is 10.4. The summed E-state index contributed by atoms with van der Waals surface area (Å²) >= 11 is 0. The number of carbonyl (C=O) groups is 1. The Morgan fingerprint density at radius 1 is 1.44 bits per heavy atom. The van der Waals surface area contributed by atoms with Gasteiger partial charge < -0.3 is 9.84 Å². The first-order valence-electron chi connectivity index (χ1n) is 5.48. The molecule has 1 aromatic rings. The van der Waals surface area contributed by atoms with Crippen LogP contribution in [0, 0.1) is 5.92 Å². The van der Waals surface area contributed by atoms with Crippen LogP contribution in [0.25, 0.3) is 0 Å². The highest BCUT2D eigenvalue weighted by molar-refractivity contribution is 5.87. The number of ether oxygens (including phenoxy) is 1. The van der Waals surface area contributed by atoms with Crippen LogP contribution in [0.1, 0.15) is 37.0 Å². The lowest BCUT2D eigenvalue weighted by Crippen LogP contribution is -2.10. The van der Waals surface area contributed by atoms with E-state index in [9.17, 15) is 4.79 Å². The highest BCUT2D eigenvalue weighted by Crippen LogP contribution is 2.14. The zero-order chi connectivity index (χ0) is 12.0. The maximum Gasteiger partial charge on any atom is 0.337 e. The van der Waals surface area contributed by atoms with Crippen LogP contribution < -0.4 is 4.74 Å². The second kappa shape index (κ2) is 6.10. The summed E-state index contributed by atoms with van der Waals surface area (Å²) in [6, 6.07) is 1.50. The van der Waals surface area contributed by atoms with Crippen molar-refractivity contribution in [2.24, 2.45) is 5.92 Å². The highest BCUT2D eigenvalue weighted by atomic mass is 16.5. The molecular weight excluding hydrogens is 206 g/mol. The summed E-state index contributed by atoms with van der Waals surface area (Å²) < 4.78 is 5.51. The molecule has 4 nitrogen and oxygen atoms in total. The van der Waals surface area contributed by atoms with E-state index in [0.717, 1.165) is 12.8 Å². The van der Waals surface area contributed by atoms with Crippen molar-refractivity contribution in [2.45, 2.75) is 26.7 Å². The third-order valence-corrected chi connectivity index (χ3v) is 2.60. The van der Waals surface area contributed by atoms with Gasteiger partial charge in [0.15, 0.2) is 0 Å². The lowest BCUT2D eigenvalue weighted by molar-refractivity contribution is 0.0695. The van der Waals surface area contributed by atoms with Crippen molar-refractivity contribution in [3.63, 3.8) is 0 Å². The van der Waals surface area contributed by atoms with Crippen LogP contribution in [-0.4, -0.2) is 22.7 Å². The number of hydrogen-bond acceptors (Lipinski definition) is 3. The molecule has 1 rings (SSSR count). The van der Waals surface area contributed by atoms with Crippen LogP contribution in [0.4, 0.5) is 0 Å². The zero-order valence-electron chi connectivity index (χ0n) is 9.64. The topological polar surface area (TPSA) is 59.4 Å². The van der Waals surface area contributed by atoms with E-state index in [0.29, 0.717) is 18.3 Å². The van der Waals surface area contributed by atoms with Crippen LogP contribution in [0.5, 0.6) is 5.75 Å². The molecular formula is C12H17NO3. The molecule has 0 amide bonds. The Labute approximate surface area is 95.3 Å². The van der Waals surface area contributed by atoms with Gasteiger partial charge in [-0.05, 0) is 12.0 Å². The fourth-order valence-corrected chi connectivity index (χ4v) is 1.35. The van der Waals surface area contributed by atoms with Gasteiger partial charge in [-0.25, -0.2) is 4.79 Å². The largest absolute Gasteiger partial charge is 0.492 e. The first kappa shape index (κ1) is 12.5. The van der Waals surface area contributed by atoms with Crippen molar-refractivity contribution in [1.82, 2.24) is 4.98 Å². The minimum absolute atomic E-state index is 0.155. The number of aromatic carboxylic acids is 1. The van der Waals surface area contributed by atoms with Gasteiger partial charge in [0.1, 0.15) is 5.75 Å². The highest BCUT2D eigenvalue weighted by Gasteiger charge is 2.07. The first-order valence-corrected chi connectivity index (χ1v) is 5.48. The molecule has 0 fully saturated rings. The van der Waals surface area contributed by atoms with E-state index >= 15 is 0 Å². The lowest BCUT2D eigenvalue weighted by atomic mass is 10.1. The second-order valence-corrected chi connectivity index (χ2v) is 3.71. The Morgan fingerprint density at radius 3 is 2.69 bits per heavy atom. The molecule has 0 bridgehead atoms. The van der Waals surface area contributed by atoms with Gasteiger partial charge in [0.2, 0.25) is 0 Å². The van der Waals surface area contributed by atoms with Gasteiger partial charge in [-0.2, -0.15) is 0 Å². The number of carboxylic acids is 1. The summed E-state index contributed by atoms with van der Waals surface area (Å²) in [5.74, 6) is 0.0424. The maximum absolute atomic E-state index is 10.7. The summed E-state index contributed by atoms with van der Waals surface area (Å²) in [7, 11) is 0. The molecule has 4 heteroatoms. The molecule has 0 aromatic carbocycles. The van der Waals surface area contributed by atoms with Crippen LogP contribution >= 0.6 is 0 Å². The lowest BCUT2D eigenvalue weighted by Gasteiger charge is -2.13. The molecule has 1 heterocycles. The van der Waals surface area contributed by atoms with Gasteiger partial charge in [0.25, 0.3) is 0 Å². The van der Waals surface area contributed by atoms with Crippen LogP contribution in [0.2, 0.25) is 0 Å². The Bertz CT molecular complexity index is 348. The number of rotatable bonds is 6. The molecule has 0 aliphatic rings. The third kappa shape index (κ3) is 3.53. The van der Waals surface area contributed by atoms with E-state index in [2.05, 4.69) is 18.8 Å². The molecule has 0 saturated heterocycles. The molecule has 0 unspecified atom stereocenters. The van der Waals surface area contributed by atoms with Crippen molar-refractivity contribution >= 4 is 5.97 Å². The fraction of sp³-hybridized carbons (Fsp3) is 0.500. The number of hydrogen-bond donors (Lipinski definition) is 1. The van der Waals surface area contributed by atoms with Crippen molar-refractivity contribution in [3.05, 3.63) is 24.0 Å². The molecule has 0 radical (unpaired) electrons. The molecule has 1 N–H and O–H groups in total. The predicted molar refractivity (Wildman–Crippen MR) is 60.8 cm³/mol. The summed E-state index contributed by atoms with van der Waals surface area (Å²) in [5.41, 5.74) is 0.155. The average molecular weight is 223 g/mol. The fourth-order valence-electron chi connectivity index (χ4n) is 1.35. The maximum atomic E-state index is 10.7. The van der Waals surface area contributed by atoms with E-state index in [-0.39, 0.29) is 5.56 Å². The molecule has 16 heavy (non-hydrogen) atoms. The molecule has 0 saturated carbocycles. The second-order valence-electron chi connectivity index (χ2n) is 3.71. The van der Waals surface area contributed by atoms with Crippen molar-refractivity contribution < 1.29 is 14.6 Å². The number of pyridine rings is 1. The quantitative estimate of drug-likeness (QED) is 0.805. The van der Waals surface area contributed by atoms with Gasteiger partial charge in [-0.3, -0.25) is 4.98 Å². The minimum atomic E-state index is -0.986. The molecule has 0 aliphatic heterocycles. The van der Waals surface area contributed by atoms with Crippen molar-refractivity contribution in [3.8, 4) is 5.75 Å². The zero-order valence-corrected chi connectivity index (χ0v) is 9.64. The smallest absolute Gasteiger partial charge is 0.337 e. The van der Waals surface area contributed by atoms with Crippen molar-refractivity contribution in [1.29, 1.82) is 0 Å². The minimum Gasteiger partial charge on any atom is -0.492 e.